The largest absolute Gasteiger partial charge is 0.374 e. The highest BCUT2D eigenvalue weighted by atomic mass is 15.0. The molecule has 4 nitrogen and oxygen atoms in total. The number of aromatic nitrogens is 2. The molecule has 0 spiro atoms. The van der Waals surface area contributed by atoms with Crippen LogP contribution in [-0.2, 0) is 0 Å². The van der Waals surface area contributed by atoms with Crippen LogP contribution in [0.1, 0.15) is 33.6 Å². The molecule has 4 aromatic carbocycles. The molecule has 9 rings (SSSR count). The lowest BCUT2D eigenvalue weighted by Gasteiger charge is -2.19. The predicted molar refractivity (Wildman–Crippen MR) is 196 cm³/mol. The number of H-pyrrole nitrogens is 2. The van der Waals surface area contributed by atoms with E-state index in [1.807, 2.05) is 0 Å². The van der Waals surface area contributed by atoms with E-state index in [9.17, 15) is 0 Å². The normalized spacial score (nSPS) is 22.5. The Hall–Kier alpha value is -6.26. The number of fused-ring (bicyclic) bond motifs is 8. The Labute approximate surface area is 279 Å². The van der Waals surface area contributed by atoms with Gasteiger partial charge in [0.15, 0.2) is 0 Å². The van der Waals surface area contributed by atoms with Crippen LogP contribution < -0.4 is 21.3 Å². The molecule has 0 radical (unpaired) electrons. The van der Waals surface area contributed by atoms with Gasteiger partial charge in [-0.3, -0.25) is 0 Å². The first-order valence-corrected chi connectivity index (χ1v) is 16.5. The summed E-state index contributed by atoms with van der Waals surface area (Å²) in [5.74, 6) is 0. The van der Waals surface area contributed by atoms with Gasteiger partial charge in [-0.15, -0.1) is 0 Å². The van der Waals surface area contributed by atoms with Crippen LogP contribution in [0.25, 0.3) is 22.3 Å². The summed E-state index contributed by atoms with van der Waals surface area (Å²) in [6, 6.07) is 51.6. The van der Waals surface area contributed by atoms with E-state index in [1.165, 1.54) is 22.3 Å². The molecule has 48 heavy (non-hydrogen) atoms. The smallest absolute Gasteiger partial charge is 0.0728 e. The molecule has 5 heterocycles. The van der Waals surface area contributed by atoms with Gasteiger partial charge in [0.05, 0.1) is 12.1 Å². The molecular weight excluding hydrogens is 585 g/mol. The molecule has 2 aromatic heterocycles. The van der Waals surface area contributed by atoms with Crippen LogP contribution in [0, 0.1) is 0 Å². The molecule has 6 aromatic rings. The maximum atomic E-state index is 3.93. The second kappa shape index (κ2) is 11.8. The molecular formula is C44H34N4. The minimum absolute atomic E-state index is 0.0361. The second-order valence-corrected chi connectivity index (χ2v) is 12.4. The summed E-state index contributed by atoms with van der Waals surface area (Å²) >= 11 is 0. The molecule has 4 heteroatoms. The van der Waals surface area contributed by atoms with Gasteiger partial charge in [-0.1, -0.05) is 133 Å². The Bertz CT molecular complexity index is 2210. The van der Waals surface area contributed by atoms with Crippen LogP contribution in [0.5, 0.6) is 0 Å². The van der Waals surface area contributed by atoms with Crippen molar-refractivity contribution >= 4 is 22.3 Å². The number of allylic oxidation sites excluding steroid dienone is 2. The van der Waals surface area contributed by atoms with Gasteiger partial charge in [-0.05, 0) is 58.7 Å². The zero-order valence-electron chi connectivity index (χ0n) is 26.3. The number of nitrogens with one attached hydrogen (secondary N) is 4. The van der Waals surface area contributed by atoms with Crippen molar-refractivity contribution in [2.75, 3.05) is 0 Å². The molecule has 3 aliphatic heterocycles. The fourth-order valence-electron chi connectivity index (χ4n) is 7.32. The summed E-state index contributed by atoms with van der Waals surface area (Å²) in [7, 11) is 0. The average Bonchev–Trinajstić information content (AvgIpc) is 3.98. The Morgan fingerprint density at radius 3 is 1.12 bits per heavy atom. The standard InChI is InChI=1S/C44H34N4/c1-5-13-29(14-6-1)41-33-21-23-35(45-33)42(30-15-7-2-8-16-30)37-25-27-39(47-37)44(32-19-11-4-12-20-32)40-28-26-38(48-40)43(31-17-9-3-10-18-31)36-24-22-34(41)46-36/h1-28,33,38,45-48H/b41-34-,42-35-,43-36?,44-40-. The van der Waals surface area contributed by atoms with Gasteiger partial charge in [-0.2, -0.15) is 0 Å². The van der Waals surface area contributed by atoms with Gasteiger partial charge < -0.3 is 20.6 Å². The first-order chi connectivity index (χ1) is 23.8. The monoisotopic (exact) mass is 618 g/mol. The molecule has 0 amide bonds. The van der Waals surface area contributed by atoms with Crippen molar-refractivity contribution in [3.63, 3.8) is 0 Å². The maximum Gasteiger partial charge on any atom is 0.0728 e. The van der Waals surface area contributed by atoms with Crippen molar-refractivity contribution in [1.29, 1.82) is 0 Å². The Balaban J connectivity index is 1.36. The number of aromatic amines is 2. The van der Waals surface area contributed by atoms with Crippen molar-refractivity contribution in [2.45, 2.75) is 12.1 Å². The average molecular weight is 619 g/mol. The van der Waals surface area contributed by atoms with E-state index in [4.69, 9.17) is 0 Å². The van der Waals surface area contributed by atoms with Crippen LogP contribution in [0.3, 0.4) is 0 Å². The van der Waals surface area contributed by atoms with E-state index >= 15 is 0 Å². The van der Waals surface area contributed by atoms with Crippen LogP contribution in [0.2, 0.25) is 0 Å². The van der Waals surface area contributed by atoms with Crippen LogP contribution >= 0.6 is 0 Å². The minimum atomic E-state index is -0.0361. The van der Waals surface area contributed by atoms with Gasteiger partial charge in [0, 0.05) is 55.8 Å². The molecule has 8 bridgehead atoms. The van der Waals surface area contributed by atoms with E-state index in [-0.39, 0.29) is 12.1 Å². The van der Waals surface area contributed by atoms with Crippen molar-refractivity contribution in [3.05, 3.63) is 226 Å². The van der Waals surface area contributed by atoms with Gasteiger partial charge in [0.25, 0.3) is 0 Å². The summed E-state index contributed by atoms with van der Waals surface area (Å²) < 4.78 is 0. The molecule has 0 aliphatic carbocycles. The fraction of sp³-hybridized carbons (Fsp3) is 0.0455. The third-order valence-electron chi connectivity index (χ3n) is 9.48. The molecule has 0 fully saturated rings. The summed E-state index contributed by atoms with van der Waals surface area (Å²) in [5, 5.41) is 10.0. The highest BCUT2D eigenvalue weighted by molar-refractivity contribution is 5.88. The summed E-state index contributed by atoms with van der Waals surface area (Å²) in [4.78, 5) is 7.75. The van der Waals surface area contributed by atoms with Gasteiger partial charge in [0.1, 0.15) is 0 Å². The summed E-state index contributed by atoms with van der Waals surface area (Å²) in [5.41, 5.74) is 13.6. The van der Waals surface area contributed by atoms with E-state index in [2.05, 4.69) is 190 Å². The van der Waals surface area contributed by atoms with Gasteiger partial charge >= 0.3 is 0 Å². The Morgan fingerprint density at radius 2 is 0.729 bits per heavy atom. The topological polar surface area (TPSA) is 55.6 Å². The van der Waals surface area contributed by atoms with E-state index in [1.54, 1.807) is 0 Å². The molecule has 4 N–H and O–H groups in total. The van der Waals surface area contributed by atoms with Gasteiger partial charge in [-0.25, -0.2) is 0 Å². The van der Waals surface area contributed by atoms with Crippen molar-refractivity contribution in [2.24, 2.45) is 0 Å². The maximum absolute atomic E-state index is 3.93. The molecule has 0 saturated heterocycles. The van der Waals surface area contributed by atoms with Crippen LogP contribution in [0.15, 0.2) is 181 Å². The number of hydrogen-bond donors (Lipinski definition) is 4. The number of benzene rings is 4. The highest BCUT2D eigenvalue weighted by Crippen LogP contribution is 2.35. The van der Waals surface area contributed by atoms with Crippen LogP contribution in [0.4, 0.5) is 0 Å². The first-order valence-electron chi connectivity index (χ1n) is 16.5. The van der Waals surface area contributed by atoms with Crippen molar-refractivity contribution < 1.29 is 0 Å². The Kier molecular flexibility index (Phi) is 6.90. The van der Waals surface area contributed by atoms with E-state index < -0.39 is 0 Å². The SMILES string of the molecule is C1=CC2N/C1=C(/c1ccccc1)c1ccc([nH]1)/C(c1ccccc1)=C1/C=CC(N1)/C(c1ccccc1)=c1/ccc([nH]1)=C2c1ccccc1. The number of hydrogen-bond acceptors (Lipinski definition) is 2. The van der Waals surface area contributed by atoms with E-state index in [0.29, 0.717) is 0 Å². The summed E-state index contributed by atoms with van der Waals surface area (Å²) in [6.07, 6.45) is 9.05. The van der Waals surface area contributed by atoms with Crippen molar-refractivity contribution in [3.8, 4) is 0 Å². The minimum Gasteiger partial charge on any atom is -0.374 e. The molecule has 2 unspecified atom stereocenters. The lowest BCUT2D eigenvalue weighted by Crippen LogP contribution is -2.31. The molecule has 3 aliphatic rings. The van der Waals surface area contributed by atoms with Crippen LogP contribution in [-0.4, -0.2) is 22.1 Å². The zero-order chi connectivity index (χ0) is 31.9. The first kappa shape index (κ1) is 28.0. The lowest BCUT2D eigenvalue weighted by molar-refractivity contribution is 0.849. The molecule has 230 valence electrons. The second-order valence-electron chi connectivity index (χ2n) is 12.4. The van der Waals surface area contributed by atoms with E-state index in [0.717, 1.165) is 55.8 Å². The Morgan fingerprint density at radius 1 is 0.354 bits per heavy atom. The molecule has 2 atom stereocenters. The summed E-state index contributed by atoms with van der Waals surface area (Å²) in [6.45, 7) is 0. The zero-order valence-corrected chi connectivity index (χ0v) is 26.3. The lowest BCUT2D eigenvalue weighted by atomic mass is 9.98. The van der Waals surface area contributed by atoms with Gasteiger partial charge in [0.2, 0.25) is 0 Å². The fourth-order valence-corrected chi connectivity index (χ4v) is 7.32. The predicted octanol–water partition coefficient (Wildman–Crippen LogP) is 7.03. The molecule has 0 saturated carbocycles. The quantitative estimate of drug-likeness (QED) is 0.172. The third-order valence-corrected chi connectivity index (χ3v) is 9.48. The van der Waals surface area contributed by atoms with Crippen molar-refractivity contribution in [1.82, 2.24) is 20.6 Å². The number of rotatable bonds is 4. The third kappa shape index (κ3) is 4.95. The highest BCUT2D eigenvalue weighted by Gasteiger charge is 2.27.